The number of ether oxygens (including phenoxy) is 1. The van der Waals surface area contributed by atoms with Crippen LogP contribution in [0.1, 0.15) is 23.8 Å². The van der Waals surface area contributed by atoms with Crippen molar-refractivity contribution in [2.45, 2.75) is 18.9 Å². The summed E-state index contributed by atoms with van der Waals surface area (Å²) in [7, 11) is 1.38. The van der Waals surface area contributed by atoms with Gasteiger partial charge >= 0.3 is 12.0 Å². The standard InChI is InChI=1S/C17H18N2O5/c1-18-17(22)19-16(21)15(12-6-3-2-4-7-12)24-14(20)10-9-13-8-5-11-23-13/h2-8,11,15H,9-10H2,1H3,(H2,18,19,21,22)/t15-/m0/s1. The number of furan rings is 1. The molecular formula is C17H18N2O5. The summed E-state index contributed by atoms with van der Waals surface area (Å²) in [5.74, 6) is -0.628. The first-order valence-corrected chi connectivity index (χ1v) is 7.39. The van der Waals surface area contributed by atoms with Crippen molar-refractivity contribution in [1.29, 1.82) is 0 Å². The molecule has 126 valence electrons. The summed E-state index contributed by atoms with van der Waals surface area (Å²) in [6.45, 7) is 0. The van der Waals surface area contributed by atoms with Crippen molar-refractivity contribution in [2.75, 3.05) is 7.05 Å². The third-order valence-corrected chi connectivity index (χ3v) is 3.21. The van der Waals surface area contributed by atoms with Gasteiger partial charge in [0, 0.05) is 19.0 Å². The lowest BCUT2D eigenvalue weighted by atomic mass is 10.1. The molecule has 2 aromatic rings. The van der Waals surface area contributed by atoms with Gasteiger partial charge in [0.15, 0.2) is 0 Å². The maximum absolute atomic E-state index is 12.2. The molecule has 0 saturated carbocycles. The Morgan fingerprint density at radius 2 is 1.88 bits per heavy atom. The van der Waals surface area contributed by atoms with Crippen LogP contribution >= 0.6 is 0 Å². The van der Waals surface area contributed by atoms with E-state index in [1.807, 2.05) is 0 Å². The topological polar surface area (TPSA) is 97.6 Å². The van der Waals surface area contributed by atoms with Crippen LogP contribution in [0.25, 0.3) is 0 Å². The molecule has 1 atom stereocenters. The van der Waals surface area contributed by atoms with Crippen LogP contribution in [0.3, 0.4) is 0 Å². The molecule has 0 aliphatic rings. The highest BCUT2D eigenvalue weighted by Gasteiger charge is 2.26. The molecule has 1 heterocycles. The molecule has 3 amide bonds. The van der Waals surface area contributed by atoms with E-state index in [-0.39, 0.29) is 6.42 Å². The zero-order valence-corrected chi connectivity index (χ0v) is 13.2. The average molecular weight is 330 g/mol. The third-order valence-electron chi connectivity index (χ3n) is 3.21. The molecule has 0 fully saturated rings. The van der Waals surface area contributed by atoms with Gasteiger partial charge in [0.2, 0.25) is 6.10 Å². The largest absolute Gasteiger partial charge is 0.469 e. The first-order valence-electron chi connectivity index (χ1n) is 7.39. The molecule has 2 rings (SSSR count). The van der Waals surface area contributed by atoms with Gasteiger partial charge in [-0.2, -0.15) is 0 Å². The van der Waals surface area contributed by atoms with Crippen LogP contribution in [-0.4, -0.2) is 25.0 Å². The third kappa shape index (κ3) is 4.98. The molecule has 0 unspecified atom stereocenters. The van der Waals surface area contributed by atoms with E-state index in [4.69, 9.17) is 9.15 Å². The molecule has 2 N–H and O–H groups in total. The second-order valence-corrected chi connectivity index (χ2v) is 4.93. The van der Waals surface area contributed by atoms with Gasteiger partial charge in [-0.25, -0.2) is 4.79 Å². The lowest BCUT2D eigenvalue weighted by Crippen LogP contribution is -2.41. The first-order chi connectivity index (χ1) is 11.6. The van der Waals surface area contributed by atoms with Crippen LogP contribution in [0.15, 0.2) is 53.1 Å². The highest BCUT2D eigenvalue weighted by molar-refractivity contribution is 5.97. The van der Waals surface area contributed by atoms with E-state index in [0.29, 0.717) is 17.7 Å². The summed E-state index contributed by atoms with van der Waals surface area (Å²) < 4.78 is 10.4. The highest BCUT2D eigenvalue weighted by Crippen LogP contribution is 2.19. The summed E-state index contributed by atoms with van der Waals surface area (Å²) in [5.41, 5.74) is 0.477. The number of rotatable bonds is 6. The van der Waals surface area contributed by atoms with Crippen molar-refractivity contribution in [3.63, 3.8) is 0 Å². The zero-order chi connectivity index (χ0) is 17.4. The predicted molar refractivity (Wildman–Crippen MR) is 84.9 cm³/mol. The Balaban J connectivity index is 2.03. The van der Waals surface area contributed by atoms with Crippen LogP contribution < -0.4 is 10.6 Å². The average Bonchev–Trinajstić information content (AvgIpc) is 3.12. The van der Waals surface area contributed by atoms with Crippen molar-refractivity contribution in [3.8, 4) is 0 Å². The van der Waals surface area contributed by atoms with Gasteiger partial charge in [-0.15, -0.1) is 0 Å². The fourth-order valence-electron chi connectivity index (χ4n) is 2.01. The smallest absolute Gasteiger partial charge is 0.321 e. The molecular weight excluding hydrogens is 312 g/mol. The zero-order valence-electron chi connectivity index (χ0n) is 13.2. The van der Waals surface area contributed by atoms with E-state index in [0.717, 1.165) is 0 Å². The van der Waals surface area contributed by atoms with Crippen LogP contribution in [0.5, 0.6) is 0 Å². The lowest BCUT2D eigenvalue weighted by molar-refractivity contribution is -0.156. The van der Waals surface area contributed by atoms with Gasteiger partial charge in [-0.1, -0.05) is 30.3 Å². The number of esters is 1. The number of carbonyl (C=O) groups is 3. The highest BCUT2D eigenvalue weighted by atomic mass is 16.5. The summed E-state index contributed by atoms with van der Waals surface area (Å²) in [6, 6.07) is 11.3. The van der Waals surface area contributed by atoms with E-state index in [1.165, 1.54) is 13.3 Å². The van der Waals surface area contributed by atoms with Crippen molar-refractivity contribution in [2.24, 2.45) is 0 Å². The van der Waals surface area contributed by atoms with Gasteiger partial charge in [-0.05, 0) is 12.1 Å². The van der Waals surface area contributed by atoms with Crippen molar-refractivity contribution >= 4 is 17.9 Å². The normalized spacial score (nSPS) is 11.4. The number of urea groups is 1. The number of benzene rings is 1. The molecule has 0 aliphatic heterocycles. The van der Waals surface area contributed by atoms with Gasteiger partial charge in [0.1, 0.15) is 5.76 Å². The second kappa shape index (κ2) is 8.52. The molecule has 1 aromatic carbocycles. The Kier molecular flexibility index (Phi) is 6.13. The molecule has 24 heavy (non-hydrogen) atoms. The maximum Gasteiger partial charge on any atom is 0.321 e. The van der Waals surface area contributed by atoms with E-state index in [9.17, 15) is 14.4 Å². The quantitative estimate of drug-likeness (QED) is 0.789. The molecule has 7 heteroatoms. The SMILES string of the molecule is CNC(=O)NC(=O)[C@@H](OC(=O)CCc1ccco1)c1ccccc1. The van der Waals surface area contributed by atoms with Crippen molar-refractivity contribution in [3.05, 3.63) is 60.1 Å². The van der Waals surface area contributed by atoms with Gasteiger partial charge in [-0.3, -0.25) is 14.9 Å². The van der Waals surface area contributed by atoms with Gasteiger partial charge in [0.25, 0.3) is 5.91 Å². The van der Waals surface area contributed by atoms with Gasteiger partial charge in [0.05, 0.1) is 12.7 Å². The summed E-state index contributed by atoms with van der Waals surface area (Å²) in [6.07, 6.45) is 0.742. The summed E-state index contributed by atoms with van der Waals surface area (Å²) in [4.78, 5) is 35.6. The molecule has 0 saturated heterocycles. The second-order valence-electron chi connectivity index (χ2n) is 4.93. The number of hydrogen-bond acceptors (Lipinski definition) is 5. The Bertz CT molecular complexity index is 682. The fourth-order valence-corrected chi connectivity index (χ4v) is 2.01. The first kappa shape index (κ1) is 17.3. The molecule has 0 spiro atoms. The number of aryl methyl sites for hydroxylation is 1. The molecule has 0 bridgehead atoms. The van der Waals surface area contributed by atoms with E-state index >= 15 is 0 Å². The minimum absolute atomic E-state index is 0.0596. The number of hydrogen-bond donors (Lipinski definition) is 2. The Morgan fingerprint density at radius 1 is 1.12 bits per heavy atom. The fraction of sp³-hybridized carbons (Fsp3) is 0.235. The predicted octanol–water partition coefficient (Wildman–Crippen LogP) is 1.95. The van der Waals surface area contributed by atoms with E-state index < -0.39 is 24.0 Å². The lowest BCUT2D eigenvalue weighted by Gasteiger charge is -2.17. The molecule has 0 radical (unpaired) electrons. The number of nitrogens with one attached hydrogen (secondary N) is 2. The van der Waals surface area contributed by atoms with E-state index in [1.54, 1.807) is 42.5 Å². The van der Waals surface area contributed by atoms with Crippen LogP contribution in [-0.2, 0) is 20.7 Å². The molecule has 1 aromatic heterocycles. The Morgan fingerprint density at radius 3 is 2.50 bits per heavy atom. The van der Waals surface area contributed by atoms with Crippen LogP contribution in [0, 0.1) is 0 Å². The van der Waals surface area contributed by atoms with Crippen molar-refractivity contribution < 1.29 is 23.5 Å². The minimum atomic E-state index is -1.20. The Labute approximate surface area is 139 Å². The Hall–Kier alpha value is -3.09. The van der Waals surface area contributed by atoms with Gasteiger partial charge < -0.3 is 14.5 Å². The van der Waals surface area contributed by atoms with E-state index in [2.05, 4.69) is 10.6 Å². The van der Waals surface area contributed by atoms with Crippen molar-refractivity contribution in [1.82, 2.24) is 10.6 Å². The molecule has 7 nitrogen and oxygen atoms in total. The number of amides is 3. The number of carbonyl (C=O) groups excluding carboxylic acids is 3. The summed E-state index contributed by atoms with van der Waals surface area (Å²) in [5, 5.41) is 4.39. The maximum atomic E-state index is 12.2. The number of imide groups is 1. The minimum Gasteiger partial charge on any atom is -0.469 e. The van der Waals surface area contributed by atoms with Crippen LogP contribution in [0.4, 0.5) is 4.79 Å². The monoisotopic (exact) mass is 330 g/mol. The van der Waals surface area contributed by atoms with Crippen LogP contribution in [0.2, 0.25) is 0 Å². The molecule has 0 aliphatic carbocycles. The summed E-state index contributed by atoms with van der Waals surface area (Å²) >= 11 is 0.